The molecule has 0 N–H and O–H groups in total. The Morgan fingerprint density at radius 3 is 1.33 bits per heavy atom. The highest BCUT2D eigenvalue weighted by Crippen LogP contribution is 2.58. The van der Waals surface area contributed by atoms with Crippen LogP contribution in [0.15, 0.2) is 297 Å². The highest BCUT2D eigenvalue weighted by atomic mass is 15.2. The lowest BCUT2D eigenvalue weighted by atomic mass is 9.79. The molecule has 0 saturated carbocycles. The van der Waals surface area contributed by atoms with Crippen molar-refractivity contribution in [2.75, 3.05) is 4.90 Å². The molecule has 5 nitrogen and oxygen atoms in total. The van der Waals surface area contributed by atoms with Gasteiger partial charge in [0.15, 0.2) is 11.6 Å². The van der Waals surface area contributed by atoms with E-state index < -0.39 is 5.41 Å². The molecular weight excluding hydrogens is 1050 g/mol. The van der Waals surface area contributed by atoms with E-state index in [-0.39, 0.29) is 0 Å². The zero-order valence-electron chi connectivity index (χ0n) is 48.0. The minimum absolute atomic E-state index is 0.469. The topological polar surface area (TPSA) is 46.8 Å². The summed E-state index contributed by atoms with van der Waals surface area (Å²) in [7, 11) is 0. The molecule has 0 fully saturated rings. The van der Waals surface area contributed by atoms with E-state index in [1.165, 1.54) is 81.9 Å². The molecule has 1 aliphatic rings. The summed E-state index contributed by atoms with van der Waals surface area (Å²) in [4.78, 5) is 18.7. The Balaban J connectivity index is 0.907. The van der Waals surface area contributed by atoms with Gasteiger partial charge in [0.2, 0.25) is 5.95 Å². The van der Waals surface area contributed by atoms with Gasteiger partial charge in [0.25, 0.3) is 0 Å². The second-order valence-corrected chi connectivity index (χ2v) is 23.4. The predicted molar refractivity (Wildman–Crippen MR) is 364 cm³/mol. The van der Waals surface area contributed by atoms with Gasteiger partial charge >= 0.3 is 0 Å². The Labute approximate surface area is 504 Å². The molecular formula is C82H55N5. The van der Waals surface area contributed by atoms with Crippen LogP contribution in [0.1, 0.15) is 25.0 Å². The van der Waals surface area contributed by atoms with Crippen molar-refractivity contribution < 1.29 is 0 Å². The maximum atomic E-state index is 5.53. The average Bonchev–Trinajstić information content (AvgIpc) is 1.57. The molecule has 0 amide bonds. The van der Waals surface area contributed by atoms with Crippen LogP contribution in [0, 0.1) is 0 Å². The van der Waals surface area contributed by atoms with E-state index in [0.29, 0.717) is 17.6 Å². The number of nitrogens with zero attached hydrogens (tertiary/aromatic N) is 5. The minimum Gasteiger partial charge on any atom is -0.310 e. The van der Waals surface area contributed by atoms with Gasteiger partial charge in [-0.15, -0.1) is 0 Å². The second kappa shape index (κ2) is 19.9. The van der Waals surface area contributed by atoms with Crippen molar-refractivity contribution in [1.82, 2.24) is 19.5 Å². The molecule has 408 valence electrons. The van der Waals surface area contributed by atoms with Crippen molar-refractivity contribution in [2.24, 2.45) is 0 Å². The quantitative estimate of drug-likeness (QED) is 0.135. The number of hydrogen-bond donors (Lipinski definition) is 0. The third kappa shape index (κ3) is 8.04. The molecule has 0 spiro atoms. The lowest BCUT2D eigenvalue weighted by Crippen LogP contribution is -2.17. The standard InChI is InChI=1S/C82H55N5/c1-82(2)72-51-69-65-35-18-16-33-63(65)62-32-15-17-34-64(62)68(69)50-70(72)75-66-36-19-20-37-67(66)76-71-49-58(43-48-74(71)87(78(76)77(75)82)81-84-79(56-27-11-5-12-28-56)83-80(85-81)57-29-13-6-14-30-57)54-41-46-60(47-42-54)86(59-44-39-53(40-45-59)52-23-7-3-8-24-52)73-38-22-21-31-61(73)55-25-9-4-10-26-55/h3-51H,1-2H3. The van der Waals surface area contributed by atoms with E-state index in [4.69, 9.17) is 15.0 Å². The third-order valence-corrected chi connectivity index (χ3v) is 18.2. The van der Waals surface area contributed by atoms with Gasteiger partial charge in [-0.1, -0.05) is 257 Å². The fraction of sp³-hybridized carbons (Fsp3) is 0.0366. The maximum Gasteiger partial charge on any atom is 0.238 e. The van der Waals surface area contributed by atoms with Gasteiger partial charge < -0.3 is 4.90 Å². The molecule has 0 radical (unpaired) electrons. The maximum absolute atomic E-state index is 5.53. The second-order valence-electron chi connectivity index (χ2n) is 23.4. The Kier molecular flexibility index (Phi) is 11.5. The molecule has 0 unspecified atom stereocenters. The number of rotatable bonds is 9. The summed E-state index contributed by atoms with van der Waals surface area (Å²) >= 11 is 0. The van der Waals surface area contributed by atoms with Gasteiger partial charge in [0.05, 0.1) is 16.7 Å². The van der Waals surface area contributed by atoms with Gasteiger partial charge in [-0.05, 0) is 148 Å². The summed E-state index contributed by atoms with van der Waals surface area (Å²) in [6.07, 6.45) is 0. The van der Waals surface area contributed by atoms with Crippen molar-refractivity contribution in [2.45, 2.75) is 19.3 Å². The summed E-state index contributed by atoms with van der Waals surface area (Å²) in [6, 6.07) is 108. The van der Waals surface area contributed by atoms with Crippen LogP contribution in [0.25, 0.3) is 138 Å². The lowest BCUT2D eigenvalue weighted by molar-refractivity contribution is 0.664. The number of benzene rings is 14. The molecule has 2 aromatic heterocycles. The zero-order valence-corrected chi connectivity index (χ0v) is 48.0. The SMILES string of the molecule is CC1(C)c2cc3c4ccccc4c4ccccc4c3cc2-c2c1c1c(c3ccccc23)c2cc(-c3ccc(N(c4ccc(-c5ccccc5)cc4)c4ccccc4-c4ccccc4)cc3)ccc2n1-c1nc(-c2ccccc2)nc(-c2ccccc2)n1. The van der Waals surface area contributed by atoms with E-state index in [1.807, 2.05) is 12.1 Å². The van der Waals surface area contributed by atoms with Gasteiger partial charge in [-0.3, -0.25) is 4.57 Å². The first-order chi connectivity index (χ1) is 42.9. The summed E-state index contributed by atoms with van der Waals surface area (Å²) in [5.74, 6) is 1.80. The molecule has 5 heteroatoms. The van der Waals surface area contributed by atoms with E-state index in [9.17, 15) is 0 Å². The van der Waals surface area contributed by atoms with Crippen LogP contribution in [0.2, 0.25) is 0 Å². The fourth-order valence-corrected chi connectivity index (χ4v) is 14.1. The molecule has 0 bridgehead atoms. The zero-order chi connectivity index (χ0) is 57.7. The van der Waals surface area contributed by atoms with Gasteiger partial charge in [0, 0.05) is 44.3 Å². The van der Waals surface area contributed by atoms with Crippen LogP contribution in [-0.4, -0.2) is 19.5 Å². The summed E-state index contributed by atoms with van der Waals surface area (Å²) in [5.41, 5.74) is 18.7. The van der Waals surface area contributed by atoms with Gasteiger partial charge in [0.1, 0.15) is 0 Å². The van der Waals surface area contributed by atoms with Crippen molar-refractivity contribution in [3.63, 3.8) is 0 Å². The third-order valence-electron chi connectivity index (χ3n) is 18.2. The van der Waals surface area contributed by atoms with Crippen molar-refractivity contribution >= 4 is 82.0 Å². The molecule has 17 rings (SSSR count). The van der Waals surface area contributed by atoms with E-state index in [2.05, 4.69) is 308 Å². The number of para-hydroxylation sites is 1. The first-order valence-electron chi connectivity index (χ1n) is 29.9. The lowest BCUT2D eigenvalue weighted by Gasteiger charge is -2.28. The van der Waals surface area contributed by atoms with Crippen LogP contribution in [0.3, 0.4) is 0 Å². The Morgan fingerprint density at radius 1 is 0.322 bits per heavy atom. The van der Waals surface area contributed by atoms with E-state index in [0.717, 1.165) is 66.9 Å². The normalized spacial score (nSPS) is 12.6. The molecule has 16 aromatic rings. The summed E-state index contributed by atoms with van der Waals surface area (Å²) in [6.45, 7) is 4.85. The molecule has 2 heterocycles. The van der Waals surface area contributed by atoms with Crippen molar-refractivity contribution in [1.29, 1.82) is 0 Å². The van der Waals surface area contributed by atoms with Crippen LogP contribution >= 0.6 is 0 Å². The van der Waals surface area contributed by atoms with E-state index >= 15 is 0 Å². The van der Waals surface area contributed by atoms with Crippen LogP contribution in [-0.2, 0) is 5.41 Å². The van der Waals surface area contributed by atoms with E-state index in [1.54, 1.807) is 0 Å². The number of aromatic nitrogens is 4. The fourth-order valence-electron chi connectivity index (χ4n) is 14.1. The molecule has 14 aromatic carbocycles. The predicted octanol–water partition coefficient (Wildman–Crippen LogP) is 21.7. The minimum atomic E-state index is -0.469. The number of anilines is 3. The van der Waals surface area contributed by atoms with Crippen molar-refractivity contribution in [3.05, 3.63) is 308 Å². The molecule has 0 aliphatic heterocycles. The molecule has 1 aliphatic carbocycles. The van der Waals surface area contributed by atoms with Gasteiger partial charge in [-0.2, -0.15) is 9.97 Å². The highest BCUT2D eigenvalue weighted by Gasteiger charge is 2.41. The highest BCUT2D eigenvalue weighted by molar-refractivity contribution is 6.30. The molecule has 87 heavy (non-hydrogen) atoms. The first-order valence-corrected chi connectivity index (χ1v) is 29.9. The van der Waals surface area contributed by atoms with Crippen LogP contribution in [0.4, 0.5) is 17.1 Å². The Hall–Kier alpha value is -11.3. The van der Waals surface area contributed by atoms with Crippen LogP contribution in [0.5, 0.6) is 0 Å². The Morgan fingerprint density at radius 2 is 0.759 bits per heavy atom. The first kappa shape index (κ1) is 50.3. The smallest absolute Gasteiger partial charge is 0.238 e. The average molecular weight is 1110 g/mol. The monoisotopic (exact) mass is 1110 g/mol. The summed E-state index contributed by atoms with van der Waals surface area (Å²) < 4.78 is 2.37. The van der Waals surface area contributed by atoms with Crippen molar-refractivity contribution in [3.8, 4) is 73.2 Å². The molecule has 0 atom stereocenters. The molecule has 0 saturated heterocycles. The number of fused-ring (bicyclic) bond motifs is 16. The summed E-state index contributed by atoms with van der Waals surface area (Å²) in [5, 5.41) is 12.3. The van der Waals surface area contributed by atoms with Gasteiger partial charge in [-0.25, -0.2) is 4.98 Å². The largest absolute Gasteiger partial charge is 0.310 e. The number of hydrogen-bond acceptors (Lipinski definition) is 4. The Bertz CT molecular complexity index is 5330. The van der Waals surface area contributed by atoms with Crippen LogP contribution < -0.4 is 4.90 Å².